The number of halogens is 4. The summed E-state index contributed by atoms with van der Waals surface area (Å²) in [5, 5.41) is 6.32. The van der Waals surface area contributed by atoms with Gasteiger partial charge >= 0.3 is 6.18 Å². The largest absolute Gasteiger partial charge is 0.416 e. The van der Waals surface area contributed by atoms with Gasteiger partial charge in [-0.1, -0.05) is 12.1 Å². The van der Waals surface area contributed by atoms with Crippen molar-refractivity contribution in [2.45, 2.75) is 32.1 Å². The van der Waals surface area contributed by atoms with E-state index in [0.29, 0.717) is 18.1 Å². The molecule has 0 radical (unpaired) electrons. The summed E-state index contributed by atoms with van der Waals surface area (Å²) in [4.78, 5) is 6.50. The minimum atomic E-state index is -4.34. The highest BCUT2D eigenvalue weighted by molar-refractivity contribution is 14.0. The second kappa shape index (κ2) is 10.5. The number of guanidine groups is 1. The van der Waals surface area contributed by atoms with Gasteiger partial charge in [-0.15, -0.1) is 24.0 Å². The van der Waals surface area contributed by atoms with Gasteiger partial charge in [-0.3, -0.25) is 9.89 Å². The Balaban J connectivity index is 0.00000364. The number of nitrogens with zero attached hydrogens (tertiary/aromatic N) is 2. The molecule has 154 valence electrons. The molecule has 1 heterocycles. The topological polar surface area (TPSA) is 48.9 Å². The molecule has 0 amide bonds. The first-order valence-corrected chi connectivity index (χ1v) is 8.66. The molecule has 9 heteroatoms. The average Bonchev–Trinajstić information content (AvgIpc) is 2.62. The lowest BCUT2D eigenvalue weighted by atomic mass is 10.0. The third-order valence-corrected chi connectivity index (χ3v) is 4.49. The van der Waals surface area contributed by atoms with Gasteiger partial charge in [0.05, 0.1) is 18.8 Å². The van der Waals surface area contributed by atoms with Crippen LogP contribution in [0.15, 0.2) is 29.3 Å². The minimum absolute atomic E-state index is 0. The van der Waals surface area contributed by atoms with Crippen LogP contribution in [0.1, 0.15) is 25.0 Å². The number of morpholine rings is 1. The first-order chi connectivity index (χ1) is 12.2. The molecule has 0 aromatic heterocycles. The molecular formula is C18H28F3IN4O. The first kappa shape index (κ1) is 24.0. The highest BCUT2D eigenvalue weighted by atomic mass is 127. The summed E-state index contributed by atoms with van der Waals surface area (Å²) in [7, 11) is 1.64. The monoisotopic (exact) mass is 500 g/mol. The van der Waals surface area contributed by atoms with Crippen LogP contribution in [-0.2, 0) is 17.5 Å². The fourth-order valence-corrected chi connectivity index (χ4v) is 2.84. The molecule has 0 spiro atoms. The highest BCUT2D eigenvalue weighted by Crippen LogP contribution is 2.29. The number of benzene rings is 1. The van der Waals surface area contributed by atoms with Crippen molar-refractivity contribution < 1.29 is 17.9 Å². The second-order valence-corrected chi connectivity index (χ2v) is 6.89. The van der Waals surface area contributed by atoms with Gasteiger partial charge in [-0.2, -0.15) is 13.2 Å². The van der Waals surface area contributed by atoms with Gasteiger partial charge in [0, 0.05) is 38.8 Å². The molecule has 1 aromatic carbocycles. The predicted octanol–water partition coefficient (Wildman–Crippen LogP) is 3.10. The van der Waals surface area contributed by atoms with E-state index in [9.17, 15) is 13.2 Å². The predicted molar refractivity (Wildman–Crippen MR) is 112 cm³/mol. The SMILES string of the molecule is CN=C(NCc1cccc(C(F)(F)F)c1)NCC(C)(C)N1CCOCC1.I. The van der Waals surface area contributed by atoms with Crippen molar-refractivity contribution in [1.82, 2.24) is 15.5 Å². The van der Waals surface area contributed by atoms with Crippen LogP contribution in [-0.4, -0.2) is 56.3 Å². The van der Waals surface area contributed by atoms with Gasteiger partial charge in [0.1, 0.15) is 0 Å². The molecule has 0 aliphatic carbocycles. The van der Waals surface area contributed by atoms with Crippen LogP contribution in [0.4, 0.5) is 13.2 Å². The molecule has 2 N–H and O–H groups in total. The van der Waals surface area contributed by atoms with Crippen molar-refractivity contribution in [3.8, 4) is 0 Å². The number of alkyl halides is 3. The Morgan fingerprint density at radius 1 is 1.19 bits per heavy atom. The number of hydrogen-bond donors (Lipinski definition) is 2. The molecule has 0 unspecified atom stereocenters. The zero-order valence-corrected chi connectivity index (χ0v) is 18.2. The fraction of sp³-hybridized carbons (Fsp3) is 0.611. The Morgan fingerprint density at radius 2 is 1.85 bits per heavy atom. The number of aliphatic imine (C=N–C) groups is 1. The summed E-state index contributed by atoms with van der Waals surface area (Å²) in [6.45, 7) is 8.43. The van der Waals surface area contributed by atoms with E-state index in [-0.39, 0.29) is 36.1 Å². The Kier molecular flexibility index (Phi) is 9.29. The van der Waals surface area contributed by atoms with Crippen LogP contribution in [0.3, 0.4) is 0 Å². The number of nitrogens with one attached hydrogen (secondary N) is 2. The Labute approximate surface area is 175 Å². The molecule has 1 aromatic rings. The summed E-state index contributed by atoms with van der Waals surface area (Å²) >= 11 is 0. The second-order valence-electron chi connectivity index (χ2n) is 6.89. The summed E-state index contributed by atoms with van der Waals surface area (Å²) in [5.74, 6) is 0.559. The molecule has 5 nitrogen and oxygen atoms in total. The van der Waals surface area contributed by atoms with Crippen LogP contribution in [0.5, 0.6) is 0 Å². The number of ether oxygens (including phenoxy) is 1. The number of hydrogen-bond acceptors (Lipinski definition) is 3. The molecular weight excluding hydrogens is 472 g/mol. The van der Waals surface area contributed by atoms with Crippen molar-refractivity contribution in [2.75, 3.05) is 39.9 Å². The quantitative estimate of drug-likeness (QED) is 0.371. The summed E-state index contributed by atoms with van der Waals surface area (Å²) < 4.78 is 43.8. The summed E-state index contributed by atoms with van der Waals surface area (Å²) in [6.07, 6.45) is -4.34. The van der Waals surface area contributed by atoms with Crippen molar-refractivity contribution in [3.05, 3.63) is 35.4 Å². The van der Waals surface area contributed by atoms with Crippen LogP contribution in [0.25, 0.3) is 0 Å². The zero-order chi connectivity index (χ0) is 19.2. The van der Waals surface area contributed by atoms with Gasteiger partial charge in [0.15, 0.2) is 5.96 Å². The van der Waals surface area contributed by atoms with Crippen molar-refractivity contribution in [2.24, 2.45) is 4.99 Å². The van der Waals surface area contributed by atoms with Crippen LogP contribution in [0.2, 0.25) is 0 Å². The van der Waals surface area contributed by atoms with E-state index in [1.165, 1.54) is 6.07 Å². The van der Waals surface area contributed by atoms with E-state index in [1.54, 1.807) is 13.1 Å². The van der Waals surface area contributed by atoms with Crippen molar-refractivity contribution in [1.29, 1.82) is 0 Å². The van der Waals surface area contributed by atoms with E-state index in [4.69, 9.17) is 4.74 Å². The molecule has 1 saturated heterocycles. The molecule has 0 atom stereocenters. The van der Waals surface area contributed by atoms with Gasteiger partial charge in [-0.05, 0) is 31.5 Å². The van der Waals surface area contributed by atoms with Crippen LogP contribution < -0.4 is 10.6 Å². The third-order valence-electron chi connectivity index (χ3n) is 4.49. The molecule has 1 fully saturated rings. The highest BCUT2D eigenvalue weighted by Gasteiger charge is 2.30. The third kappa shape index (κ3) is 7.46. The Hall–Kier alpha value is -1.07. The number of rotatable bonds is 5. The van der Waals surface area contributed by atoms with E-state index < -0.39 is 11.7 Å². The molecule has 0 saturated carbocycles. The van der Waals surface area contributed by atoms with E-state index >= 15 is 0 Å². The van der Waals surface area contributed by atoms with Crippen LogP contribution in [0, 0.1) is 0 Å². The lowest BCUT2D eigenvalue weighted by molar-refractivity contribution is -0.137. The van der Waals surface area contributed by atoms with E-state index in [2.05, 4.69) is 34.4 Å². The zero-order valence-electron chi connectivity index (χ0n) is 15.9. The molecule has 1 aliphatic heterocycles. The average molecular weight is 500 g/mol. The molecule has 2 rings (SSSR count). The van der Waals surface area contributed by atoms with Gasteiger partial charge < -0.3 is 15.4 Å². The van der Waals surface area contributed by atoms with Crippen molar-refractivity contribution >= 4 is 29.9 Å². The smallest absolute Gasteiger partial charge is 0.379 e. The van der Waals surface area contributed by atoms with Crippen LogP contribution >= 0.6 is 24.0 Å². The van der Waals surface area contributed by atoms with Gasteiger partial charge in [0.25, 0.3) is 0 Å². The summed E-state index contributed by atoms with van der Waals surface area (Å²) in [5.41, 5.74) is -0.180. The minimum Gasteiger partial charge on any atom is -0.379 e. The first-order valence-electron chi connectivity index (χ1n) is 8.66. The normalized spacial score (nSPS) is 16.6. The maximum absolute atomic E-state index is 12.8. The fourth-order valence-electron chi connectivity index (χ4n) is 2.84. The molecule has 1 aliphatic rings. The summed E-state index contributed by atoms with van der Waals surface area (Å²) in [6, 6.07) is 5.30. The molecule has 27 heavy (non-hydrogen) atoms. The lowest BCUT2D eigenvalue weighted by Gasteiger charge is -2.41. The Morgan fingerprint density at radius 3 is 2.44 bits per heavy atom. The Bertz CT molecular complexity index is 617. The van der Waals surface area contributed by atoms with Gasteiger partial charge in [0.2, 0.25) is 0 Å². The molecule has 0 bridgehead atoms. The van der Waals surface area contributed by atoms with Crippen molar-refractivity contribution in [3.63, 3.8) is 0 Å². The maximum atomic E-state index is 12.8. The standard InChI is InChI=1S/C18H27F3N4O.HI/c1-17(2,25-7-9-26-10-8-25)13-24-16(22-3)23-12-14-5-4-6-15(11-14)18(19,20)21;/h4-6,11H,7-10,12-13H2,1-3H3,(H2,22,23,24);1H. The lowest BCUT2D eigenvalue weighted by Crippen LogP contribution is -2.56. The van der Waals surface area contributed by atoms with E-state index in [0.717, 1.165) is 38.4 Å². The van der Waals surface area contributed by atoms with E-state index in [1.807, 2.05) is 0 Å². The maximum Gasteiger partial charge on any atom is 0.416 e. The van der Waals surface area contributed by atoms with Gasteiger partial charge in [-0.25, -0.2) is 0 Å².